The molecular weight excluding hydrogens is 546 g/mol. The Labute approximate surface area is 284 Å². The van der Waals surface area contributed by atoms with Crippen LogP contribution in [-0.4, -0.2) is 95.5 Å². The maximum Gasteiger partial charge on any atom is 0.0782 e. The summed E-state index contributed by atoms with van der Waals surface area (Å²) in [7, 11) is 16.7. The van der Waals surface area contributed by atoms with Crippen LogP contribution in [0.15, 0.2) is 24.3 Å². The van der Waals surface area contributed by atoms with Gasteiger partial charge in [-0.3, -0.25) is 0 Å². The van der Waals surface area contributed by atoms with E-state index in [9.17, 15) is 0 Å². The van der Waals surface area contributed by atoms with Gasteiger partial charge in [0.2, 0.25) is 0 Å². The standard InChI is InChI=1S/C42H84N3/c1-39(26-27-40(2)28-31-42-32-29-41(3)30-33-42)25-19-14-12-11-13-15-21-35-44(7,8)36-22-16-17-23-37-45(9,10)38-24-18-20-34-43(4,5)6/h29-30,32-33,39-40H,11-28,31,34-38H2,1-10H3/q+3. The van der Waals surface area contributed by atoms with E-state index in [0.29, 0.717) is 0 Å². The number of quaternary nitrogens is 3. The highest BCUT2D eigenvalue weighted by molar-refractivity contribution is 5.21. The largest absolute Gasteiger partial charge is 0.331 e. The highest BCUT2D eigenvalue weighted by Gasteiger charge is 2.16. The normalized spacial score (nSPS) is 14.2. The Bertz CT molecular complexity index is 819. The molecular formula is C42H84N3+3. The number of hydrogen-bond acceptors (Lipinski definition) is 0. The minimum atomic E-state index is 0.849. The summed E-state index contributed by atoms with van der Waals surface area (Å²) in [4.78, 5) is 0. The molecule has 0 aliphatic carbocycles. The molecule has 3 nitrogen and oxygen atoms in total. The van der Waals surface area contributed by atoms with E-state index in [1.54, 1.807) is 0 Å². The van der Waals surface area contributed by atoms with Crippen LogP contribution in [0.4, 0.5) is 0 Å². The molecule has 3 heteroatoms. The molecule has 0 bridgehead atoms. The quantitative estimate of drug-likeness (QED) is 0.0610. The summed E-state index contributed by atoms with van der Waals surface area (Å²) in [5.41, 5.74) is 2.87. The van der Waals surface area contributed by atoms with Gasteiger partial charge in [-0.05, 0) is 95.0 Å². The van der Waals surface area contributed by atoms with Gasteiger partial charge in [-0.15, -0.1) is 0 Å². The van der Waals surface area contributed by atoms with Crippen LogP contribution in [0.2, 0.25) is 0 Å². The van der Waals surface area contributed by atoms with Crippen LogP contribution in [0.1, 0.15) is 141 Å². The third-order valence-electron chi connectivity index (χ3n) is 10.5. The van der Waals surface area contributed by atoms with E-state index in [0.717, 1.165) is 16.3 Å². The summed E-state index contributed by atoms with van der Waals surface area (Å²) in [6, 6.07) is 9.13. The molecule has 45 heavy (non-hydrogen) atoms. The molecule has 0 heterocycles. The molecule has 0 radical (unpaired) electrons. The smallest absolute Gasteiger partial charge is 0.0782 e. The fourth-order valence-corrected chi connectivity index (χ4v) is 6.90. The molecule has 0 aliphatic rings. The van der Waals surface area contributed by atoms with Crippen LogP contribution in [0.5, 0.6) is 0 Å². The van der Waals surface area contributed by atoms with Crippen LogP contribution >= 0.6 is 0 Å². The molecule has 2 atom stereocenters. The van der Waals surface area contributed by atoms with Crippen LogP contribution < -0.4 is 0 Å². The first-order valence-electron chi connectivity index (χ1n) is 19.7. The van der Waals surface area contributed by atoms with Gasteiger partial charge >= 0.3 is 0 Å². The van der Waals surface area contributed by atoms with Gasteiger partial charge in [0.1, 0.15) is 0 Å². The Hall–Kier alpha value is -0.900. The Morgan fingerprint density at radius 3 is 1.22 bits per heavy atom. The van der Waals surface area contributed by atoms with Gasteiger partial charge in [0, 0.05) is 0 Å². The number of rotatable bonds is 29. The zero-order valence-electron chi connectivity index (χ0n) is 32.8. The average Bonchev–Trinajstić information content (AvgIpc) is 2.95. The molecule has 0 saturated heterocycles. The Balaban J connectivity index is 1.94. The maximum atomic E-state index is 2.49. The molecule has 0 fully saturated rings. The summed E-state index contributed by atoms with van der Waals surface area (Å²) in [6.45, 7) is 13.8. The van der Waals surface area contributed by atoms with Crippen LogP contribution in [0.3, 0.4) is 0 Å². The molecule has 0 saturated carbocycles. The van der Waals surface area contributed by atoms with Crippen LogP contribution in [-0.2, 0) is 6.42 Å². The summed E-state index contributed by atoms with van der Waals surface area (Å²) in [5, 5.41) is 0. The predicted molar refractivity (Wildman–Crippen MR) is 203 cm³/mol. The molecule has 2 unspecified atom stereocenters. The minimum Gasteiger partial charge on any atom is -0.331 e. The van der Waals surface area contributed by atoms with Gasteiger partial charge in [-0.1, -0.05) is 95.0 Å². The van der Waals surface area contributed by atoms with Crippen molar-refractivity contribution in [1.82, 2.24) is 0 Å². The van der Waals surface area contributed by atoms with Gasteiger partial charge in [-0.25, -0.2) is 0 Å². The van der Waals surface area contributed by atoms with Crippen LogP contribution in [0.25, 0.3) is 0 Å². The van der Waals surface area contributed by atoms with Gasteiger partial charge in [0.05, 0.1) is 82.1 Å². The van der Waals surface area contributed by atoms with E-state index in [1.807, 2.05) is 0 Å². The van der Waals surface area contributed by atoms with Crippen molar-refractivity contribution in [1.29, 1.82) is 0 Å². The average molecular weight is 631 g/mol. The molecule has 0 amide bonds. The van der Waals surface area contributed by atoms with Crippen molar-refractivity contribution < 1.29 is 13.4 Å². The molecule has 264 valence electrons. The number of aryl methyl sites for hydroxylation is 2. The summed E-state index contributed by atoms with van der Waals surface area (Å²) >= 11 is 0. The van der Waals surface area contributed by atoms with Crippen molar-refractivity contribution in [2.24, 2.45) is 11.8 Å². The Kier molecular flexibility index (Phi) is 21.9. The molecule has 1 rings (SSSR count). The first-order valence-corrected chi connectivity index (χ1v) is 19.7. The molecule has 0 aromatic heterocycles. The molecule has 1 aromatic carbocycles. The van der Waals surface area contributed by atoms with E-state index >= 15 is 0 Å². The molecule has 0 spiro atoms. The van der Waals surface area contributed by atoms with Crippen molar-refractivity contribution >= 4 is 0 Å². The van der Waals surface area contributed by atoms with Crippen molar-refractivity contribution in [3.8, 4) is 0 Å². The number of hydrogen-bond donors (Lipinski definition) is 0. The lowest BCUT2D eigenvalue weighted by Crippen LogP contribution is -2.41. The monoisotopic (exact) mass is 631 g/mol. The van der Waals surface area contributed by atoms with E-state index in [4.69, 9.17) is 0 Å². The van der Waals surface area contributed by atoms with E-state index in [1.165, 1.54) is 175 Å². The lowest BCUT2D eigenvalue weighted by atomic mass is 9.90. The fraction of sp³-hybridized carbons (Fsp3) is 0.857. The summed E-state index contributed by atoms with van der Waals surface area (Å²) in [6.07, 6.45) is 26.7. The SMILES string of the molecule is Cc1ccc(CCC(C)CCC(C)CCCCCCCCC[N+](C)(C)CCCCCC[N+](C)(C)CCCCC[N+](C)(C)C)cc1. The van der Waals surface area contributed by atoms with Gasteiger partial charge in [-0.2, -0.15) is 0 Å². The third kappa shape index (κ3) is 25.8. The zero-order chi connectivity index (χ0) is 33.6. The van der Waals surface area contributed by atoms with Crippen LogP contribution in [0, 0.1) is 18.8 Å². The second kappa shape index (κ2) is 23.4. The van der Waals surface area contributed by atoms with E-state index in [2.05, 4.69) is 94.4 Å². The molecule has 0 aliphatic heterocycles. The highest BCUT2D eigenvalue weighted by Crippen LogP contribution is 2.22. The second-order valence-corrected chi connectivity index (χ2v) is 17.8. The number of unbranched alkanes of at least 4 members (excludes halogenated alkanes) is 11. The van der Waals surface area contributed by atoms with Crippen molar-refractivity contribution in [2.75, 3.05) is 82.1 Å². The zero-order valence-corrected chi connectivity index (χ0v) is 32.8. The van der Waals surface area contributed by atoms with Gasteiger partial charge < -0.3 is 13.4 Å². The summed E-state index contributed by atoms with van der Waals surface area (Å²) in [5.74, 6) is 1.75. The Morgan fingerprint density at radius 2 is 0.778 bits per heavy atom. The molecule has 1 aromatic rings. The Morgan fingerprint density at radius 1 is 0.422 bits per heavy atom. The predicted octanol–water partition coefficient (Wildman–Crippen LogP) is 10.7. The molecule has 0 N–H and O–H groups in total. The van der Waals surface area contributed by atoms with E-state index < -0.39 is 0 Å². The maximum absolute atomic E-state index is 2.49. The van der Waals surface area contributed by atoms with Gasteiger partial charge in [0.25, 0.3) is 0 Å². The topological polar surface area (TPSA) is 0 Å². The lowest BCUT2D eigenvalue weighted by Gasteiger charge is -2.31. The first-order chi connectivity index (χ1) is 21.2. The van der Waals surface area contributed by atoms with Crippen molar-refractivity contribution in [2.45, 2.75) is 143 Å². The highest BCUT2D eigenvalue weighted by atomic mass is 15.3. The first kappa shape index (κ1) is 42.1. The van der Waals surface area contributed by atoms with E-state index in [-0.39, 0.29) is 0 Å². The van der Waals surface area contributed by atoms with Gasteiger partial charge in [0.15, 0.2) is 0 Å². The fourth-order valence-electron chi connectivity index (χ4n) is 6.90. The lowest BCUT2D eigenvalue weighted by molar-refractivity contribution is -0.891. The number of benzene rings is 1. The summed E-state index contributed by atoms with van der Waals surface area (Å²) < 4.78 is 3.53. The van der Waals surface area contributed by atoms with Crippen molar-refractivity contribution in [3.05, 3.63) is 35.4 Å². The second-order valence-electron chi connectivity index (χ2n) is 17.8. The third-order valence-corrected chi connectivity index (χ3v) is 10.5. The number of nitrogens with zero attached hydrogens (tertiary/aromatic N) is 3. The van der Waals surface area contributed by atoms with Crippen molar-refractivity contribution in [3.63, 3.8) is 0 Å². The minimum absolute atomic E-state index is 0.849.